The molecule has 0 unspecified atom stereocenters. The Morgan fingerprint density at radius 1 is 0.808 bits per heavy atom. The van der Waals surface area contributed by atoms with Crippen LogP contribution >= 0.6 is 0 Å². The Bertz CT molecular complexity index is 1940. The Kier molecular flexibility index (Phi) is 10.9. The number of methoxy groups -OCH3 is 1. The molecule has 1 aliphatic heterocycles. The quantitative estimate of drug-likeness (QED) is 0.130. The van der Waals surface area contributed by atoms with Gasteiger partial charge in [-0.3, -0.25) is 14.6 Å². The summed E-state index contributed by atoms with van der Waals surface area (Å²) in [7, 11) is 3.71. The number of ether oxygens (including phenoxy) is 3. The maximum atomic E-state index is 15.3. The minimum absolute atomic E-state index is 0.0211. The van der Waals surface area contributed by atoms with E-state index in [9.17, 15) is 18.4 Å². The zero-order valence-electron chi connectivity index (χ0n) is 29.8. The minimum atomic E-state index is -1.41. The standard InChI is InChI=1S/C37H38F3N5O5.C2H6/c1-45-15-8-22(9-16-45)44-36(10-11-36)21-49-33-20-29-25(19-32(33)48-2)30(7-14-41-29)50-31-6-4-24(18-28(31)40)43-35(47)37(12-13-37)34(46)42-23-3-5-26(38)27(39)17-23;1-2/h3-7,14,17-20,22,44H,8-13,15-16,21H2,1-2H3,(H,42,46)(H,43,47);1-2H3. The van der Waals surface area contributed by atoms with E-state index in [1.54, 1.807) is 31.5 Å². The summed E-state index contributed by atoms with van der Waals surface area (Å²) in [5, 5.41) is 9.46. The number of hydrogen-bond donors (Lipinski definition) is 3. The second-order valence-electron chi connectivity index (χ2n) is 13.5. The lowest BCUT2D eigenvalue weighted by molar-refractivity contribution is -0.131. The van der Waals surface area contributed by atoms with E-state index >= 15 is 4.39 Å². The van der Waals surface area contributed by atoms with Crippen molar-refractivity contribution >= 4 is 34.1 Å². The van der Waals surface area contributed by atoms with Crippen molar-refractivity contribution in [3.63, 3.8) is 0 Å². The molecule has 0 atom stereocenters. The molecule has 7 rings (SSSR count). The fourth-order valence-electron chi connectivity index (χ4n) is 6.31. The van der Waals surface area contributed by atoms with E-state index in [1.165, 1.54) is 18.2 Å². The van der Waals surface area contributed by atoms with E-state index in [2.05, 4.69) is 32.9 Å². The number of rotatable bonds is 12. The van der Waals surface area contributed by atoms with Crippen LogP contribution in [0.2, 0.25) is 0 Å². The Morgan fingerprint density at radius 2 is 1.46 bits per heavy atom. The van der Waals surface area contributed by atoms with Gasteiger partial charge in [0.05, 0.1) is 18.2 Å². The van der Waals surface area contributed by atoms with Crippen LogP contribution in [0.1, 0.15) is 52.4 Å². The molecule has 2 saturated carbocycles. The van der Waals surface area contributed by atoms with Crippen molar-refractivity contribution in [1.82, 2.24) is 15.2 Å². The molecular weight excluding hydrogens is 675 g/mol. The van der Waals surface area contributed by atoms with Crippen molar-refractivity contribution in [2.24, 2.45) is 5.41 Å². The van der Waals surface area contributed by atoms with Crippen LogP contribution < -0.4 is 30.2 Å². The number of hydrogen-bond acceptors (Lipinski definition) is 8. The molecule has 3 aliphatic rings. The van der Waals surface area contributed by atoms with Crippen LogP contribution in [0.15, 0.2) is 60.8 Å². The van der Waals surface area contributed by atoms with Gasteiger partial charge in [0, 0.05) is 47.2 Å². The van der Waals surface area contributed by atoms with Crippen molar-refractivity contribution in [1.29, 1.82) is 0 Å². The maximum Gasteiger partial charge on any atom is 0.240 e. The predicted octanol–water partition coefficient (Wildman–Crippen LogP) is 7.43. The summed E-state index contributed by atoms with van der Waals surface area (Å²) in [4.78, 5) is 32.8. The van der Waals surface area contributed by atoms with Gasteiger partial charge in [-0.1, -0.05) is 13.8 Å². The highest BCUT2D eigenvalue weighted by Gasteiger charge is 2.56. The summed E-state index contributed by atoms with van der Waals surface area (Å²) < 4.78 is 60.1. The molecular formula is C39H44F3N5O5. The number of carbonyl (C=O) groups excluding carboxylic acids is 2. The van der Waals surface area contributed by atoms with E-state index in [4.69, 9.17) is 14.2 Å². The monoisotopic (exact) mass is 719 g/mol. The maximum absolute atomic E-state index is 15.3. The third-order valence-corrected chi connectivity index (χ3v) is 9.78. The van der Waals surface area contributed by atoms with Gasteiger partial charge < -0.3 is 35.1 Å². The van der Waals surface area contributed by atoms with Crippen LogP contribution in [-0.2, 0) is 9.59 Å². The molecule has 1 saturated heterocycles. The number of nitrogens with one attached hydrogen (secondary N) is 3. The zero-order chi connectivity index (χ0) is 37.0. The number of piperidine rings is 1. The van der Waals surface area contributed by atoms with Crippen LogP contribution in [0, 0.1) is 22.9 Å². The van der Waals surface area contributed by atoms with Gasteiger partial charge in [-0.2, -0.15) is 0 Å². The van der Waals surface area contributed by atoms with Crippen molar-refractivity contribution in [2.45, 2.75) is 64.0 Å². The number of anilines is 2. The topological polar surface area (TPSA) is 114 Å². The number of fused-ring (bicyclic) bond motifs is 1. The molecule has 1 aromatic heterocycles. The van der Waals surface area contributed by atoms with Crippen molar-refractivity contribution in [3.8, 4) is 23.0 Å². The Labute approximate surface area is 301 Å². The fraction of sp³-hybridized carbons (Fsp3) is 0.410. The van der Waals surface area contributed by atoms with Gasteiger partial charge in [-0.15, -0.1) is 0 Å². The van der Waals surface area contributed by atoms with Crippen LogP contribution in [0.3, 0.4) is 0 Å². The summed E-state index contributed by atoms with van der Waals surface area (Å²) >= 11 is 0. The molecule has 276 valence electrons. The summed E-state index contributed by atoms with van der Waals surface area (Å²) in [6.45, 7) is 6.67. The number of nitrogens with zero attached hydrogens (tertiary/aromatic N) is 2. The van der Waals surface area contributed by atoms with Gasteiger partial charge in [-0.05, 0) is 95.1 Å². The summed E-state index contributed by atoms with van der Waals surface area (Å²) in [6, 6.07) is 12.5. The largest absolute Gasteiger partial charge is 0.493 e. The predicted molar refractivity (Wildman–Crippen MR) is 193 cm³/mol. The highest BCUT2D eigenvalue weighted by atomic mass is 19.2. The molecule has 0 bridgehead atoms. The normalized spacial score (nSPS) is 17.4. The van der Waals surface area contributed by atoms with Crippen molar-refractivity contribution in [3.05, 3.63) is 78.2 Å². The zero-order valence-corrected chi connectivity index (χ0v) is 29.8. The molecule has 2 aliphatic carbocycles. The van der Waals surface area contributed by atoms with E-state index in [0.29, 0.717) is 40.8 Å². The second kappa shape index (κ2) is 15.4. The number of likely N-dealkylation sites (tertiary alicyclic amines) is 1. The molecule has 3 aromatic carbocycles. The van der Waals surface area contributed by atoms with Gasteiger partial charge in [0.1, 0.15) is 17.8 Å². The van der Waals surface area contributed by atoms with E-state index in [0.717, 1.165) is 57.0 Å². The number of benzene rings is 3. The highest BCUT2D eigenvalue weighted by molar-refractivity contribution is 6.16. The Balaban J connectivity index is 0.00000228. The highest BCUT2D eigenvalue weighted by Crippen LogP contribution is 2.48. The number of aromatic nitrogens is 1. The first-order chi connectivity index (χ1) is 25.1. The van der Waals surface area contributed by atoms with Gasteiger partial charge in [0.25, 0.3) is 0 Å². The summed E-state index contributed by atoms with van der Waals surface area (Å²) in [5.74, 6) is -2.94. The molecule has 3 N–H and O–H groups in total. The van der Waals surface area contributed by atoms with Crippen LogP contribution in [-0.4, -0.2) is 67.1 Å². The molecule has 4 aromatic rings. The van der Waals surface area contributed by atoms with Crippen LogP contribution in [0.5, 0.6) is 23.0 Å². The molecule has 10 nitrogen and oxygen atoms in total. The van der Waals surface area contributed by atoms with Gasteiger partial charge in [-0.25, -0.2) is 13.2 Å². The van der Waals surface area contributed by atoms with Crippen LogP contribution in [0.25, 0.3) is 10.9 Å². The molecule has 13 heteroatoms. The Hall–Kier alpha value is -4.88. The molecule has 2 heterocycles. The average Bonchev–Trinajstić information content (AvgIpc) is 4.09. The van der Waals surface area contributed by atoms with Gasteiger partial charge in [0.2, 0.25) is 11.8 Å². The molecule has 0 radical (unpaired) electrons. The van der Waals surface area contributed by atoms with Crippen molar-refractivity contribution < 1.29 is 37.0 Å². The lowest BCUT2D eigenvalue weighted by Gasteiger charge is -2.32. The third kappa shape index (κ3) is 8.10. The van der Waals surface area contributed by atoms with E-state index < -0.39 is 34.7 Å². The molecule has 3 fully saturated rings. The summed E-state index contributed by atoms with van der Waals surface area (Å²) in [5.41, 5.74) is -0.733. The molecule has 52 heavy (non-hydrogen) atoms. The lowest BCUT2D eigenvalue weighted by Crippen LogP contribution is -2.48. The second-order valence-corrected chi connectivity index (χ2v) is 13.5. The average molecular weight is 720 g/mol. The summed E-state index contributed by atoms with van der Waals surface area (Å²) in [6.07, 6.45) is 6.40. The SMILES string of the molecule is CC.COc1cc2c(Oc3ccc(NC(=O)C4(C(=O)Nc5ccc(F)c(F)c5)CC4)cc3F)ccnc2cc1OCC1(NC2CCN(C)CC2)CC1. The van der Waals surface area contributed by atoms with Gasteiger partial charge >= 0.3 is 0 Å². The number of pyridine rings is 1. The Morgan fingerprint density at radius 3 is 2.06 bits per heavy atom. The number of carbonyl (C=O) groups is 2. The third-order valence-electron chi connectivity index (χ3n) is 9.78. The minimum Gasteiger partial charge on any atom is -0.493 e. The smallest absolute Gasteiger partial charge is 0.240 e. The van der Waals surface area contributed by atoms with Gasteiger partial charge in [0.15, 0.2) is 34.7 Å². The number of halogens is 3. The van der Waals surface area contributed by atoms with Crippen molar-refractivity contribution in [2.75, 3.05) is 44.5 Å². The number of amides is 2. The van der Waals surface area contributed by atoms with E-state index in [1.807, 2.05) is 13.8 Å². The first kappa shape index (κ1) is 36.9. The lowest BCUT2D eigenvalue weighted by atomic mass is 10.0. The van der Waals surface area contributed by atoms with Crippen LogP contribution in [0.4, 0.5) is 24.5 Å². The molecule has 0 spiro atoms. The molecule has 2 amide bonds. The van der Waals surface area contributed by atoms with E-state index in [-0.39, 0.29) is 35.5 Å². The first-order valence-electron chi connectivity index (χ1n) is 17.7. The fourth-order valence-corrected chi connectivity index (χ4v) is 6.31. The first-order valence-corrected chi connectivity index (χ1v) is 17.7.